The average Bonchev–Trinajstić information content (AvgIpc) is 3.44. The van der Waals surface area contributed by atoms with Crippen LogP contribution in [0.1, 0.15) is 87.8 Å². The molecule has 2 aromatic carbocycles. The molecule has 15 heteroatoms. The molecule has 0 spiro atoms. The molecule has 0 aromatic heterocycles. The number of sulfone groups is 1. The summed E-state index contributed by atoms with van der Waals surface area (Å²) in [7, 11) is -4.71. The zero-order valence-corrected chi connectivity index (χ0v) is 27.5. The number of fused-ring (bicyclic) bond motifs is 3. The molecule has 1 saturated carbocycles. The first kappa shape index (κ1) is 37.0. The summed E-state index contributed by atoms with van der Waals surface area (Å²) in [6, 6.07) is 4.34. The van der Waals surface area contributed by atoms with E-state index >= 15 is 4.39 Å². The number of amides is 1. The van der Waals surface area contributed by atoms with Gasteiger partial charge in [-0.2, -0.15) is 26.3 Å². The lowest BCUT2D eigenvalue weighted by Gasteiger charge is -2.46. The van der Waals surface area contributed by atoms with Crippen molar-refractivity contribution >= 4 is 21.7 Å². The van der Waals surface area contributed by atoms with E-state index in [1.165, 1.54) is 4.90 Å². The molecular formula is C34H37F8NO5S. The molecule has 1 heterocycles. The van der Waals surface area contributed by atoms with Gasteiger partial charge in [0.05, 0.1) is 16.9 Å². The topological polar surface area (TPSA) is 91.8 Å². The van der Waals surface area contributed by atoms with Crippen molar-refractivity contribution in [3.05, 3.63) is 65.0 Å². The fourth-order valence-electron chi connectivity index (χ4n) is 8.32. The highest BCUT2D eigenvalue weighted by Gasteiger charge is 2.74. The molecule has 49 heavy (non-hydrogen) atoms. The first-order valence-electron chi connectivity index (χ1n) is 16.3. The lowest BCUT2D eigenvalue weighted by Crippen LogP contribution is -2.55. The van der Waals surface area contributed by atoms with Crippen LogP contribution >= 0.6 is 0 Å². The molecule has 1 saturated heterocycles. The van der Waals surface area contributed by atoms with E-state index in [9.17, 15) is 53.8 Å². The molecule has 1 N–H and O–H groups in total. The third-order valence-corrected chi connectivity index (χ3v) is 13.4. The average molecular weight is 724 g/mol. The van der Waals surface area contributed by atoms with Crippen LogP contribution < -0.4 is 0 Å². The predicted octanol–water partition coefficient (Wildman–Crippen LogP) is 8.17. The van der Waals surface area contributed by atoms with Gasteiger partial charge in [-0.25, -0.2) is 17.2 Å². The Labute approximate surface area is 278 Å². The Morgan fingerprint density at radius 3 is 2.14 bits per heavy atom. The van der Waals surface area contributed by atoms with Crippen LogP contribution in [0.3, 0.4) is 0 Å². The molecule has 0 radical (unpaired) electrons. The molecule has 3 aliphatic rings. The largest absolute Gasteiger partial charge is 0.481 e. The lowest BCUT2D eigenvalue weighted by atomic mass is 9.66. The number of aliphatic carboxylic acids is 1. The van der Waals surface area contributed by atoms with Crippen LogP contribution in [0.15, 0.2) is 47.4 Å². The number of carboxylic acid groups (broad SMARTS) is 1. The third-order valence-electron chi connectivity index (χ3n) is 10.9. The molecule has 1 amide bonds. The summed E-state index contributed by atoms with van der Waals surface area (Å²) in [5.41, 5.74) is -8.92. The van der Waals surface area contributed by atoms with Crippen LogP contribution in [-0.2, 0) is 36.3 Å². The molecule has 5 rings (SSSR count). The van der Waals surface area contributed by atoms with Crippen LogP contribution in [0.5, 0.6) is 0 Å². The number of halogens is 8. The van der Waals surface area contributed by atoms with Gasteiger partial charge in [-0.05, 0) is 80.7 Å². The molecule has 6 nitrogen and oxygen atoms in total. The fourth-order valence-corrected chi connectivity index (χ4v) is 10.7. The Kier molecular flexibility index (Phi) is 9.70. The molecule has 2 aliphatic carbocycles. The van der Waals surface area contributed by atoms with Gasteiger partial charge in [-0.3, -0.25) is 9.59 Å². The van der Waals surface area contributed by atoms with Gasteiger partial charge in [-0.1, -0.05) is 50.5 Å². The quantitative estimate of drug-likeness (QED) is 0.208. The molecular weight excluding hydrogens is 686 g/mol. The normalized spacial score (nSPS) is 26.3. The number of hydrogen-bond acceptors (Lipinski definition) is 4. The van der Waals surface area contributed by atoms with Crippen molar-refractivity contribution in [3.63, 3.8) is 0 Å². The Hall–Kier alpha value is -3.23. The second kappa shape index (κ2) is 12.8. The minimum Gasteiger partial charge on any atom is -0.481 e. The van der Waals surface area contributed by atoms with E-state index in [0.717, 1.165) is 43.2 Å². The number of hydrogen-bond donors (Lipinski definition) is 1. The summed E-state index contributed by atoms with van der Waals surface area (Å²) in [6.07, 6.45) is -9.89. The molecule has 2 atom stereocenters. The van der Waals surface area contributed by atoms with Crippen molar-refractivity contribution in [2.45, 2.75) is 111 Å². The molecule has 0 bridgehead atoms. The second-order valence-corrected chi connectivity index (χ2v) is 15.7. The number of alkyl halides is 7. The van der Waals surface area contributed by atoms with E-state index in [0.29, 0.717) is 18.9 Å². The number of carbonyl (C=O) groups excluding carboxylic acids is 1. The maximum absolute atomic E-state index is 15.1. The number of unbranched alkanes of at least 4 members (excludes halogenated alkanes) is 2. The van der Waals surface area contributed by atoms with Crippen LogP contribution in [0.2, 0.25) is 0 Å². The maximum atomic E-state index is 15.1. The van der Waals surface area contributed by atoms with Crippen LogP contribution in [0, 0.1) is 17.2 Å². The lowest BCUT2D eigenvalue weighted by molar-refractivity contribution is -0.348. The van der Waals surface area contributed by atoms with E-state index < -0.39 is 72.2 Å². The Bertz CT molecular complexity index is 1690. The summed E-state index contributed by atoms with van der Waals surface area (Å²) < 4.78 is 139. The van der Waals surface area contributed by atoms with Gasteiger partial charge in [0.1, 0.15) is 10.6 Å². The summed E-state index contributed by atoms with van der Waals surface area (Å²) in [4.78, 5) is 27.3. The number of aryl methyl sites for hydroxylation is 1. The Morgan fingerprint density at radius 2 is 1.57 bits per heavy atom. The van der Waals surface area contributed by atoms with Gasteiger partial charge in [-0.15, -0.1) is 0 Å². The van der Waals surface area contributed by atoms with E-state index in [1.54, 1.807) is 0 Å². The third kappa shape index (κ3) is 5.90. The number of carbonyl (C=O) groups is 2. The van der Waals surface area contributed by atoms with Crippen molar-refractivity contribution in [1.29, 1.82) is 0 Å². The molecule has 2 fully saturated rings. The number of likely N-dealkylation sites (tertiary alicyclic amines) is 1. The van der Waals surface area contributed by atoms with Crippen LogP contribution in [0.25, 0.3) is 0 Å². The molecule has 270 valence electrons. The fraction of sp³-hybridized carbons (Fsp3) is 0.588. The monoisotopic (exact) mass is 723 g/mol. The molecule has 1 aliphatic heterocycles. The Balaban J connectivity index is 1.65. The highest BCUT2D eigenvalue weighted by molar-refractivity contribution is 7.92. The smallest absolute Gasteiger partial charge is 0.435 e. The molecule has 2 unspecified atom stereocenters. The SMILES string of the molecule is CCCCCC1(C(=O)N2CCC3(S(=O)(=O)c4cccc(F)c4)c4ccc(C(F)(C(F)(F)F)C(F)(F)F)cc4CCC23)CCC(C(=O)O)CC1. The predicted molar refractivity (Wildman–Crippen MR) is 161 cm³/mol. The number of nitrogens with zero attached hydrogens (tertiary/aromatic N) is 1. The summed E-state index contributed by atoms with van der Waals surface area (Å²) in [6.45, 7) is 1.83. The number of benzene rings is 2. The summed E-state index contributed by atoms with van der Waals surface area (Å²) in [5, 5.41) is 9.59. The van der Waals surface area contributed by atoms with Gasteiger partial charge in [0.2, 0.25) is 5.91 Å². The van der Waals surface area contributed by atoms with Crippen molar-refractivity contribution < 1.29 is 58.2 Å². The van der Waals surface area contributed by atoms with Crippen molar-refractivity contribution in [2.24, 2.45) is 11.3 Å². The molecule has 2 aromatic rings. The van der Waals surface area contributed by atoms with E-state index in [2.05, 4.69) is 0 Å². The highest BCUT2D eigenvalue weighted by Crippen LogP contribution is 2.58. The van der Waals surface area contributed by atoms with Crippen molar-refractivity contribution in [3.8, 4) is 0 Å². The van der Waals surface area contributed by atoms with Gasteiger partial charge < -0.3 is 10.0 Å². The standard InChI is InChI=1S/C34H37F8NO5S/c1-2-3-4-14-30(15-12-21(13-16-30)28(44)45)29(46)43-18-17-31(49(47,48)25-7-5-6-24(35)20-25)26-10-9-23(19-22(26)8-11-27(31)43)32(36,33(37,38)39)34(40,41)42/h5-7,9-10,19-21,27H,2-4,8,11-18H2,1H3,(H,44,45). The van der Waals surface area contributed by atoms with Crippen LogP contribution in [-0.4, -0.2) is 55.2 Å². The van der Waals surface area contributed by atoms with Gasteiger partial charge in [0.25, 0.3) is 0 Å². The minimum atomic E-state index is -6.38. The zero-order valence-electron chi connectivity index (χ0n) is 26.6. The zero-order chi connectivity index (χ0) is 36.2. The minimum absolute atomic E-state index is 0.144. The van der Waals surface area contributed by atoms with Crippen molar-refractivity contribution in [2.75, 3.05) is 6.54 Å². The summed E-state index contributed by atoms with van der Waals surface area (Å²) >= 11 is 0. The van der Waals surface area contributed by atoms with E-state index in [1.807, 2.05) is 6.92 Å². The number of carboxylic acids is 1. The first-order valence-corrected chi connectivity index (χ1v) is 17.8. The van der Waals surface area contributed by atoms with E-state index in [4.69, 9.17) is 0 Å². The summed E-state index contributed by atoms with van der Waals surface area (Å²) in [5.74, 6) is -2.92. The van der Waals surface area contributed by atoms with Gasteiger partial charge in [0.15, 0.2) is 9.84 Å². The second-order valence-electron chi connectivity index (χ2n) is 13.5. The highest BCUT2D eigenvalue weighted by atomic mass is 32.2. The van der Waals surface area contributed by atoms with E-state index in [-0.39, 0.29) is 74.6 Å². The van der Waals surface area contributed by atoms with Gasteiger partial charge in [0, 0.05) is 17.5 Å². The van der Waals surface area contributed by atoms with Crippen molar-refractivity contribution in [1.82, 2.24) is 4.90 Å². The number of rotatable bonds is 9. The Morgan fingerprint density at radius 1 is 0.918 bits per heavy atom. The van der Waals surface area contributed by atoms with Crippen LogP contribution in [0.4, 0.5) is 35.1 Å². The maximum Gasteiger partial charge on any atom is 0.435 e. The van der Waals surface area contributed by atoms with Gasteiger partial charge >= 0.3 is 24.0 Å². The first-order chi connectivity index (χ1) is 22.8.